The smallest absolute Gasteiger partial charge is 0.625 e. The van der Waals surface area contributed by atoms with Crippen molar-refractivity contribution in [1.82, 2.24) is 9.97 Å². The Labute approximate surface area is 253 Å². The number of hydrogen-bond donors (Lipinski definition) is 3. The van der Waals surface area contributed by atoms with Crippen LogP contribution >= 0.6 is 11.6 Å². The Morgan fingerprint density at radius 1 is 1.06 bits per heavy atom. The van der Waals surface area contributed by atoms with E-state index in [1.807, 2.05) is 30.3 Å². The van der Waals surface area contributed by atoms with Gasteiger partial charge in [-0.25, -0.2) is 13.8 Å². The number of rotatable bonds is 6. The second-order valence-electron chi connectivity index (χ2n) is 8.10. The number of fused-ring (bicyclic) bond motifs is 1. The fraction of sp³-hybridized carbons (Fsp3) is 0.0769. The van der Waals surface area contributed by atoms with Crippen molar-refractivity contribution in [3.8, 4) is 11.1 Å². The maximum Gasteiger partial charge on any atom is 1.00 e. The molecule has 36 heavy (non-hydrogen) atoms. The van der Waals surface area contributed by atoms with Gasteiger partial charge in [-0.05, 0) is 42.3 Å². The molecule has 176 valence electrons. The Bertz CT molecular complexity index is 1530. The van der Waals surface area contributed by atoms with Crippen LogP contribution in [0.15, 0.2) is 79.0 Å². The van der Waals surface area contributed by atoms with Gasteiger partial charge in [0.1, 0.15) is 23.4 Å². The number of pyridine rings is 1. The van der Waals surface area contributed by atoms with Crippen molar-refractivity contribution in [2.24, 2.45) is 5.84 Å². The van der Waals surface area contributed by atoms with Crippen molar-refractivity contribution in [1.29, 1.82) is 0 Å². The zero-order chi connectivity index (χ0) is 24.5. The van der Waals surface area contributed by atoms with E-state index in [2.05, 4.69) is 15.4 Å². The Kier molecular flexibility index (Phi) is 8.41. The second kappa shape index (κ2) is 11.3. The van der Waals surface area contributed by atoms with Crippen LogP contribution in [-0.2, 0) is 6.42 Å². The average Bonchev–Trinajstić information content (AvgIpc) is 3.28. The minimum absolute atomic E-state index is 0. The van der Waals surface area contributed by atoms with Gasteiger partial charge in [0.15, 0.2) is 0 Å². The third-order valence-electron chi connectivity index (χ3n) is 5.89. The first-order valence-corrected chi connectivity index (χ1v) is 11.2. The van der Waals surface area contributed by atoms with Gasteiger partial charge in [-0.15, -0.1) is 5.69 Å². The summed E-state index contributed by atoms with van der Waals surface area (Å²) < 4.78 is 29.5. The van der Waals surface area contributed by atoms with Gasteiger partial charge < -0.3 is 16.3 Å². The van der Waals surface area contributed by atoms with Crippen molar-refractivity contribution in [2.45, 2.75) is 12.3 Å². The normalized spacial score (nSPS) is 11.8. The molecule has 2 aromatic heterocycles. The quantitative estimate of drug-likeness (QED) is 0.104. The summed E-state index contributed by atoms with van der Waals surface area (Å²) >= 11 is 5.97. The number of halogens is 3. The number of aromatic nitrogens is 3. The SMILES string of the molecule is N[N-]c1ccc(Cl)c(F)c1-c1ccc([C@@H](Cc2ccccc2)c2nc3ccc(F)cc3[nH]2)[n+](O)c1.[K+]. The number of imidazole rings is 1. The van der Waals surface area contributed by atoms with Crippen LogP contribution in [0.1, 0.15) is 23.0 Å². The average molecular weight is 531 g/mol. The summed E-state index contributed by atoms with van der Waals surface area (Å²) in [6, 6.07) is 20.2. The number of nitrogens with two attached hydrogens (primary N) is 1. The molecule has 6 nitrogen and oxygen atoms in total. The van der Waals surface area contributed by atoms with E-state index in [0.29, 0.717) is 34.5 Å². The molecule has 10 heteroatoms. The molecule has 0 bridgehead atoms. The van der Waals surface area contributed by atoms with E-state index in [1.54, 1.807) is 18.2 Å². The largest absolute Gasteiger partial charge is 1.00 e. The molecule has 0 saturated carbocycles. The summed E-state index contributed by atoms with van der Waals surface area (Å²) in [5, 5.41) is 10.9. The van der Waals surface area contributed by atoms with E-state index in [-0.39, 0.29) is 73.5 Å². The number of H-pyrrole nitrogens is 1. The molecule has 1 atom stereocenters. The van der Waals surface area contributed by atoms with Gasteiger partial charge in [-0.2, -0.15) is 0 Å². The fourth-order valence-corrected chi connectivity index (χ4v) is 4.36. The van der Waals surface area contributed by atoms with Crippen LogP contribution in [0.25, 0.3) is 27.6 Å². The molecule has 0 radical (unpaired) electrons. The molecular formula is C26H20ClF2KN5O+. The van der Waals surface area contributed by atoms with Gasteiger partial charge in [-0.3, -0.25) is 5.21 Å². The molecule has 0 aliphatic carbocycles. The predicted octanol–water partition coefficient (Wildman–Crippen LogP) is 2.94. The molecule has 0 unspecified atom stereocenters. The standard InChI is InChI=1S/C26H20ClF2N5O.K/c27-19-8-10-21(33-30)24(25(19)29)16-6-11-23(34(35)14-16)18(12-15-4-2-1-3-5-15)26-31-20-9-7-17(28)13-22(20)32-26;/h1-11,13-14,18,35H,12,30H2,(H,31,32);/q;+1/t18-;/m1./s1. The molecule has 5 rings (SSSR count). The summed E-state index contributed by atoms with van der Waals surface area (Å²) in [5.41, 5.74) is 6.91. The van der Waals surface area contributed by atoms with E-state index < -0.39 is 11.7 Å². The van der Waals surface area contributed by atoms with Crippen LogP contribution in [0.5, 0.6) is 0 Å². The third-order valence-corrected chi connectivity index (χ3v) is 6.18. The molecule has 0 saturated heterocycles. The molecule has 4 N–H and O–H groups in total. The zero-order valence-corrected chi connectivity index (χ0v) is 23.2. The van der Waals surface area contributed by atoms with E-state index in [4.69, 9.17) is 17.4 Å². The number of benzene rings is 3. The minimum atomic E-state index is -0.689. The van der Waals surface area contributed by atoms with Crippen LogP contribution in [0.2, 0.25) is 5.02 Å². The van der Waals surface area contributed by atoms with E-state index in [0.717, 1.165) is 10.3 Å². The molecule has 0 aliphatic heterocycles. The fourth-order valence-electron chi connectivity index (χ4n) is 4.20. The van der Waals surface area contributed by atoms with E-state index >= 15 is 0 Å². The van der Waals surface area contributed by atoms with Gasteiger partial charge in [0.05, 0.1) is 21.6 Å². The summed E-state index contributed by atoms with van der Waals surface area (Å²) in [5.74, 6) is 4.51. The molecule has 5 aromatic rings. The number of aromatic amines is 1. The van der Waals surface area contributed by atoms with Crippen LogP contribution in [-0.4, -0.2) is 15.2 Å². The van der Waals surface area contributed by atoms with Gasteiger partial charge in [-0.1, -0.05) is 48.0 Å². The topological polar surface area (TPSA) is 92.9 Å². The van der Waals surface area contributed by atoms with Gasteiger partial charge in [0.2, 0.25) is 11.9 Å². The Morgan fingerprint density at radius 3 is 2.56 bits per heavy atom. The predicted molar refractivity (Wildman–Crippen MR) is 129 cm³/mol. The first-order chi connectivity index (χ1) is 16.9. The van der Waals surface area contributed by atoms with Gasteiger partial charge >= 0.3 is 51.4 Å². The number of nitrogens with zero attached hydrogens (tertiary/aromatic N) is 3. The van der Waals surface area contributed by atoms with E-state index in [9.17, 15) is 14.0 Å². The summed E-state index contributed by atoms with van der Waals surface area (Å²) in [6.07, 6.45) is 1.87. The Balaban J connectivity index is 0.00000304. The number of hydrogen-bond acceptors (Lipinski definition) is 3. The Hall–Kier alpha value is -2.37. The molecule has 3 aromatic carbocycles. The molecule has 0 fully saturated rings. The minimum Gasteiger partial charge on any atom is -0.625 e. The first-order valence-electron chi connectivity index (χ1n) is 10.8. The van der Waals surface area contributed by atoms with Crippen LogP contribution < -0.4 is 62.0 Å². The van der Waals surface area contributed by atoms with E-state index in [1.165, 1.54) is 30.5 Å². The maximum absolute atomic E-state index is 14.8. The molecular weight excluding hydrogens is 511 g/mol. The molecule has 2 heterocycles. The monoisotopic (exact) mass is 530 g/mol. The molecule has 0 aliphatic rings. The van der Waals surface area contributed by atoms with Gasteiger partial charge in [0, 0.05) is 16.4 Å². The summed E-state index contributed by atoms with van der Waals surface area (Å²) in [7, 11) is 0. The molecule has 0 spiro atoms. The summed E-state index contributed by atoms with van der Waals surface area (Å²) in [4.78, 5) is 7.82. The van der Waals surface area contributed by atoms with Crippen molar-refractivity contribution in [3.05, 3.63) is 118 Å². The maximum atomic E-state index is 14.8. The number of nitrogens with one attached hydrogen (secondary N) is 1. The van der Waals surface area contributed by atoms with Crippen LogP contribution in [0, 0.1) is 11.6 Å². The third kappa shape index (κ3) is 5.33. The zero-order valence-electron chi connectivity index (χ0n) is 19.3. The van der Waals surface area contributed by atoms with Crippen LogP contribution in [0.4, 0.5) is 14.5 Å². The second-order valence-corrected chi connectivity index (χ2v) is 8.50. The van der Waals surface area contributed by atoms with Crippen molar-refractivity contribution in [3.63, 3.8) is 0 Å². The Morgan fingerprint density at radius 2 is 1.83 bits per heavy atom. The van der Waals surface area contributed by atoms with Crippen molar-refractivity contribution < 1.29 is 70.1 Å². The summed E-state index contributed by atoms with van der Waals surface area (Å²) in [6.45, 7) is 0. The first kappa shape index (κ1) is 26.7. The van der Waals surface area contributed by atoms with Crippen molar-refractivity contribution >= 4 is 28.3 Å². The molecule has 0 amide bonds. The van der Waals surface area contributed by atoms with Gasteiger partial charge in [0.25, 0.3) is 0 Å². The van der Waals surface area contributed by atoms with Crippen molar-refractivity contribution in [2.75, 3.05) is 0 Å². The van der Waals surface area contributed by atoms with Crippen LogP contribution in [0.3, 0.4) is 0 Å².